The number of aliphatic hydroxyl groups is 1. The molecule has 0 aliphatic heterocycles. The fraction of sp³-hybridized carbons (Fsp3) is 0.300. The minimum atomic E-state index is -0.0149. The first-order valence-electron chi connectivity index (χ1n) is 4.25. The second kappa shape index (κ2) is 2.85. The number of nitrogens with zero attached hydrogens (tertiary/aromatic N) is 2. The summed E-state index contributed by atoms with van der Waals surface area (Å²) in [5, 5.41) is 9.01. The summed E-state index contributed by atoms with van der Waals surface area (Å²) in [6.45, 7) is 4.11. The van der Waals surface area contributed by atoms with Crippen LogP contribution in [0.2, 0.25) is 0 Å². The largest absolute Gasteiger partial charge is 0.376 e. The molecule has 68 valence electrons. The molecule has 1 N–H and O–H groups in total. The van der Waals surface area contributed by atoms with Crippen LogP contribution in [0.15, 0.2) is 18.5 Å². The average molecular weight is 176 g/mol. The Bertz CT molecular complexity index is 445. The molecule has 13 heavy (non-hydrogen) atoms. The zero-order valence-electron chi connectivity index (χ0n) is 7.78. The molecule has 3 nitrogen and oxygen atoms in total. The number of aliphatic hydroxyl groups excluding tert-OH is 1. The van der Waals surface area contributed by atoms with Crippen molar-refractivity contribution in [3.05, 3.63) is 29.6 Å². The Kier molecular flexibility index (Phi) is 1.81. The molecular weight excluding hydrogens is 164 g/mol. The van der Waals surface area contributed by atoms with Gasteiger partial charge in [-0.15, -0.1) is 0 Å². The summed E-state index contributed by atoms with van der Waals surface area (Å²) in [7, 11) is 0. The first-order chi connectivity index (χ1) is 6.22. The van der Waals surface area contributed by atoms with Crippen LogP contribution in [0.5, 0.6) is 0 Å². The molecule has 0 saturated carbocycles. The van der Waals surface area contributed by atoms with Gasteiger partial charge < -0.3 is 9.67 Å². The molecule has 0 radical (unpaired) electrons. The minimum Gasteiger partial charge on any atom is -0.376 e. The molecule has 2 aromatic rings. The maximum atomic E-state index is 9.01. The van der Waals surface area contributed by atoms with Crippen molar-refractivity contribution in [2.75, 3.05) is 0 Å². The van der Waals surface area contributed by atoms with Gasteiger partial charge in [0, 0.05) is 0 Å². The van der Waals surface area contributed by atoms with Crippen LogP contribution in [0, 0.1) is 13.8 Å². The SMILES string of the molecule is Cc1cc2ncn(CO)c2cc1C. The van der Waals surface area contributed by atoms with Crippen LogP contribution in [-0.2, 0) is 6.73 Å². The molecule has 1 heterocycles. The Labute approximate surface area is 76.6 Å². The van der Waals surface area contributed by atoms with E-state index < -0.39 is 0 Å². The quantitative estimate of drug-likeness (QED) is 0.716. The second-order valence-corrected chi connectivity index (χ2v) is 3.28. The monoisotopic (exact) mass is 176 g/mol. The van der Waals surface area contributed by atoms with Crippen molar-refractivity contribution in [3.8, 4) is 0 Å². The summed E-state index contributed by atoms with van der Waals surface area (Å²) in [6.07, 6.45) is 1.66. The lowest BCUT2D eigenvalue weighted by Crippen LogP contribution is -1.94. The van der Waals surface area contributed by atoms with E-state index >= 15 is 0 Å². The van der Waals surface area contributed by atoms with Gasteiger partial charge in [-0.1, -0.05) is 0 Å². The van der Waals surface area contributed by atoms with Gasteiger partial charge in [0.15, 0.2) is 0 Å². The van der Waals surface area contributed by atoms with E-state index in [0.29, 0.717) is 0 Å². The van der Waals surface area contributed by atoms with Gasteiger partial charge in [-0.05, 0) is 37.1 Å². The molecule has 0 fully saturated rings. The third-order valence-electron chi connectivity index (χ3n) is 2.39. The fourth-order valence-electron chi connectivity index (χ4n) is 1.43. The molecule has 1 aromatic carbocycles. The highest BCUT2D eigenvalue weighted by Crippen LogP contribution is 2.17. The predicted molar refractivity (Wildman–Crippen MR) is 51.4 cm³/mol. The maximum absolute atomic E-state index is 9.01. The van der Waals surface area contributed by atoms with Crippen LogP contribution in [0.4, 0.5) is 0 Å². The number of aromatic nitrogens is 2. The van der Waals surface area contributed by atoms with Gasteiger partial charge in [0.25, 0.3) is 0 Å². The lowest BCUT2D eigenvalue weighted by molar-refractivity contribution is 0.215. The lowest BCUT2D eigenvalue weighted by atomic mass is 10.1. The van der Waals surface area contributed by atoms with Crippen LogP contribution >= 0.6 is 0 Å². The maximum Gasteiger partial charge on any atom is 0.121 e. The van der Waals surface area contributed by atoms with E-state index in [2.05, 4.69) is 18.8 Å². The van der Waals surface area contributed by atoms with E-state index in [9.17, 15) is 0 Å². The first kappa shape index (κ1) is 8.26. The predicted octanol–water partition coefficient (Wildman–Crippen LogP) is 1.60. The van der Waals surface area contributed by atoms with Crippen LogP contribution < -0.4 is 0 Å². The van der Waals surface area contributed by atoms with Gasteiger partial charge in [0.2, 0.25) is 0 Å². The summed E-state index contributed by atoms with van der Waals surface area (Å²) >= 11 is 0. The van der Waals surface area contributed by atoms with Crippen LogP contribution in [-0.4, -0.2) is 14.7 Å². The molecule has 0 atom stereocenters. The summed E-state index contributed by atoms with van der Waals surface area (Å²) < 4.78 is 1.72. The highest BCUT2D eigenvalue weighted by Gasteiger charge is 2.03. The average Bonchev–Trinajstić information content (AvgIpc) is 2.48. The molecule has 0 bridgehead atoms. The highest BCUT2D eigenvalue weighted by molar-refractivity contribution is 5.77. The zero-order valence-corrected chi connectivity index (χ0v) is 7.78. The molecule has 3 heteroatoms. The molecule has 0 aliphatic rings. The van der Waals surface area contributed by atoms with Gasteiger partial charge in [-0.2, -0.15) is 0 Å². The normalized spacial score (nSPS) is 11.0. The molecule has 1 aromatic heterocycles. The lowest BCUT2D eigenvalue weighted by Gasteiger charge is -2.01. The first-order valence-corrected chi connectivity index (χ1v) is 4.25. The van der Waals surface area contributed by atoms with Crippen molar-refractivity contribution in [1.82, 2.24) is 9.55 Å². The molecule has 0 spiro atoms. The number of rotatable bonds is 1. The van der Waals surface area contributed by atoms with E-state index in [1.165, 1.54) is 11.1 Å². The Morgan fingerprint density at radius 1 is 1.31 bits per heavy atom. The van der Waals surface area contributed by atoms with Gasteiger partial charge in [0.05, 0.1) is 17.4 Å². The molecule has 0 saturated heterocycles. The summed E-state index contributed by atoms with van der Waals surface area (Å²) in [5.41, 5.74) is 4.39. The van der Waals surface area contributed by atoms with E-state index in [0.717, 1.165) is 11.0 Å². The smallest absolute Gasteiger partial charge is 0.121 e. The van der Waals surface area contributed by atoms with Crippen LogP contribution in [0.3, 0.4) is 0 Å². The van der Waals surface area contributed by atoms with Gasteiger partial charge in [-0.25, -0.2) is 4.98 Å². The third-order valence-corrected chi connectivity index (χ3v) is 2.39. The van der Waals surface area contributed by atoms with E-state index in [1.54, 1.807) is 10.9 Å². The number of fused-ring (bicyclic) bond motifs is 1. The van der Waals surface area contributed by atoms with Crippen molar-refractivity contribution in [1.29, 1.82) is 0 Å². The number of aryl methyl sites for hydroxylation is 2. The molecule has 2 rings (SSSR count). The van der Waals surface area contributed by atoms with Crippen molar-refractivity contribution in [2.45, 2.75) is 20.6 Å². The third kappa shape index (κ3) is 1.21. The van der Waals surface area contributed by atoms with E-state index in [-0.39, 0.29) is 6.73 Å². The van der Waals surface area contributed by atoms with Crippen LogP contribution in [0.25, 0.3) is 11.0 Å². The van der Waals surface area contributed by atoms with Gasteiger partial charge in [0.1, 0.15) is 6.73 Å². The number of hydrogen-bond acceptors (Lipinski definition) is 2. The van der Waals surface area contributed by atoms with Crippen molar-refractivity contribution in [3.63, 3.8) is 0 Å². The fourth-order valence-corrected chi connectivity index (χ4v) is 1.43. The molecule has 0 unspecified atom stereocenters. The van der Waals surface area contributed by atoms with Crippen LogP contribution in [0.1, 0.15) is 11.1 Å². The second-order valence-electron chi connectivity index (χ2n) is 3.28. The minimum absolute atomic E-state index is 0.0149. The Balaban J connectivity index is 2.77. The number of benzene rings is 1. The number of hydrogen-bond donors (Lipinski definition) is 1. The standard InChI is InChI=1S/C10H12N2O/c1-7-3-9-10(4-8(7)2)12(6-13)5-11-9/h3-5,13H,6H2,1-2H3. The summed E-state index contributed by atoms with van der Waals surface area (Å²) in [4.78, 5) is 4.19. The highest BCUT2D eigenvalue weighted by atomic mass is 16.3. The Morgan fingerprint density at radius 3 is 2.69 bits per heavy atom. The van der Waals surface area contributed by atoms with E-state index in [4.69, 9.17) is 5.11 Å². The number of imidazole rings is 1. The van der Waals surface area contributed by atoms with Gasteiger partial charge >= 0.3 is 0 Å². The Hall–Kier alpha value is -1.35. The molecular formula is C10H12N2O. The van der Waals surface area contributed by atoms with Gasteiger partial charge in [-0.3, -0.25) is 0 Å². The van der Waals surface area contributed by atoms with E-state index in [1.807, 2.05) is 12.1 Å². The van der Waals surface area contributed by atoms with Crippen molar-refractivity contribution >= 4 is 11.0 Å². The zero-order chi connectivity index (χ0) is 9.42. The molecule has 0 amide bonds. The summed E-state index contributed by atoms with van der Waals surface area (Å²) in [5.74, 6) is 0. The van der Waals surface area contributed by atoms with Crippen molar-refractivity contribution in [2.24, 2.45) is 0 Å². The molecule has 0 aliphatic carbocycles. The van der Waals surface area contributed by atoms with Crippen molar-refractivity contribution < 1.29 is 5.11 Å². The topological polar surface area (TPSA) is 38.0 Å². The summed E-state index contributed by atoms with van der Waals surface area (Å²) in [6, 6.07) is 4.09. The Morgan fingerprint density at radius 2 is 2.00 bits per heavy atom.